The highest BCUT2D eigenvalue weighted by Gasteiger charge is 2.34. The third kappa shape index (κ3) is 5.35. The lowest BCUT2D eigenvalue weighted by molar-refractivity contribution is -0.166. The highest BCUT2D eigenvalue weighted by atomic mass is 16.6. The average Bonchev–Trinajstić information content (AvgIpc) is 2.53. The molecule has 1 aliphatic rings. The Hall–Kier alpha value is -1.35. The van der Waals surface area contributed by atoms with Gasteiger partial charge in [0, 0.05) is 0 Å². The molecule has 0 bridgehead atoms. The zero-order chi connectivity index (χ0) is 16.8. The normalized spacial score (nSPS) is 26.0. The predicted molar refractivity (Wildman–Crippen MR) is 92.0 cm³/mol. The van der Waals surface area contributed by atoms with Gasteiger partial charge in [-0.1, -0.05) is 57.5 Å². The zero-order valence-electron chi connectivity index (χ0n) is 14.6. The van der Waals surface area contributed by atoms with E-state index in [1.165, 1.54) is 6.42 Å². The van der Waals surface area contributed by atoms with Crippen LogP contribution in [0.15, 0.2) is 30.3 Å². The van der Waals surface area contributed by atoms with Crippen molar-refractivity contribution in [1.29, 1.82) is 0 Å². The Morgan fingerprint density at radius 3 is 2.61 bits per heavy atom. The fraction of sp³-hybridized carbons (Fsp3) is 0.650. The molecule has 0 aliphatic heterocycles. The number of carbonyl (C=O) groups excluding carboxylic acids is 1. The molecule has 0 heterocycles. The SMILES string of the molecule is CC1CCC(C(C)C)[C@H](OC(=O)C(O)CCc2ccccc2)C1. The van der Waals surface area contributed by atoms with Gasteiger partial charge in [0.05, 0.1) is 0 Å². The van der Waals surface area contributed by atoms with E-state index in [0.717, 1.165) is 18.4 Å². The number of carbonyl (C=O) groups is 1. The van der Waals surface area contributed by atoms with Crippen LogP contribution in [0, 0.1) is 17.8 Å². The van der Waals surface area contributed by atoms with Gasteiger partial charge in [0.25, 0.3) is 0 Å². The lowest BCUT2D eigenvalue weighted by atomic mass is 9.75. The molecule has 23 heavy (non-hydrogen) atoms. The summed E-state index contributed by atoms with van der Waals surface area (Å²) in [7, 11) is 0. The van der Waals surface area contributed by atoms with Crippen LogP contribution >= 0.6 is 0 Å². The van der Waals surface area contributed by atoms with Gasteiger partial charge in [-0.15, -0.1) is 0 Å². The number of ether oxygens (including phenoxy) is 1. The molecule has 1 N–H and O–H groups in total. The van der Waals surface area contributed by atoms with E-state index < -0.39 is 12.1 Å². The van der Waals surface area contributed by atoms with Crippen LogP contribution in [0.2, 0.25) is 0 Å². The van der Waals surface area contributed by atoms with Crippen LogP contribution in [-0.2, 0) is 16.0 Å². The molecular formula is C20H30O3. The molecule has 1 saturated carbocycles. The minimum Gasteiger partial charge on any atom is -0.460 e. The quantitative estimate of drug-likeness (QED) is 0.807. The Balaban J connectivity index is 1.86. The minimum atomic E-state index is -1.03. The van der Waals surface area contributed by atoms with Crippen LogP contribution in [0.4, 0.5) is 0 Å². The van der Waals surface area contributed by atoms with Gasteiger partial charge in [0.2, 0.25) is 0 Å². The summed E-state index contributed by atoms with van der Waals surface area (Å²) in [5.74, 6) is 1.05. The van der Waals surface area contributed by atoms with E-state index in [1.807, 2.05) is 30.3 Å². The van der Waals surface area contributed by atoms with E-state index in [4.69, 9.17) is 4.74 Å². The molecule has 3 nitrogen and oxygen atoms in total. The average molecular weight is 318 g/mol. The number of esters is 1. The molecule has 3 heteroatoms. The number of rotatable bonds is 6. The van der Waals surface area contributed by atoms with Gasteiger partial charge in [-0.05, 0) is 49.0 Å². The largest absolute Gasteiger partial charge is 0.460 e. The molecular weight excluding hydrogens is 288 g/mol. The maximum Gasteiger partial charge on any atom is 0.335 e. The van der Waals surface area contributed by atoms with Crippen LogP contribution in [0.25, 0.3) is 0 Å². The third-order valence-electron chi connectivity index (χ3n) is 5.05. The van der Waals surface area contributed by atoms with E-state index >= 15 is 0 Å². The van der Waals surface area contributed by atoms with Crippen molar-refractivity contribution in [2.45, 2.75) is 65.1 Å². The molecule has 1 aromatic rings. The summed E-state index contributed by atoms with van der Waals surface area (Å²) in [6.45, 7) is 6.59. The van der Waals surface area contributed by atoms with Crippen molar-refractivity contribution < 1.29 is 14.6 Å². The lowest BCUT2D eigenvalue weighted by Gasteiger charge is -2.37. The van der Waals surface area contributed by atoms with Crippen LogP contribution in [0.1, 0.15) is 52.0 Å². The van der Waals surface area contributed by atoms with Gasteiger partial charge >= 0.3 is 5.97 Å². The summed E-state index contributed by atoms with van der Waals surface area (Å²) >= 11 is 0. The second-order valence-electron chi connectivity index (χ2n) is 7.34. The first-order valence-electron chi connectivity index (χ1n) is 8.90. The third-order valence-corrected chi connectivity index (χ3v) is 5.05. The van der Waals surface area contributed by atoms with Crippen molar-refractivity contribution in [3.63, 3.8) is 0 Å². The second-order valence-corrected chi connectivity index (χ2v) is 7.34. The number of aliphatic hydroxyl groups excluding tert-OH is 1. The molecule has 1 aliphatic carbocycles. The fourth-order valence-corrected chi connectivity index (χ4v) is 3.54. The smallest absolute Gasteiger partial charge is 0.335 e. The number of aryl methyl sites for hydroxylation is 1. The first-order valence-corrected chi connectivity index (χ1v) is 8.90. The van der Waals surface area contributed by atoms with Crippen LogP contribution in [0.5, 0.6) is 0 Å². The highest BCUT2D eigenvalue weighted by Crippen LogP contribution is 2.35. The lowest BCUT2D eigenvalue weighted by Crippen LogP contribution is -2.38. The van der Waals surface area contributed by atoms with Crippen molar-refractivity contribution in [3.8, 4) is 0 Å². The summed E-state index contributed by atoms with van der Waals surface area (Å²) in [6, 6.07) is 9.92. The molecule has 128 valence electrons. The first kappa shape index (κ1) is 18.0. The predicted octanol–water partition coefficient (Wildman–Crippen LogP) is 3.98. The van der Waals surface area contributed by atoms with Gasteiger partial charge in [0.1, 0.15) is 6.10 Å². The maximum atomic E-state index is 12.2. The number of aliphatic hydroxyl groups is 1. The Labute approximate surface area is 140 Å². The molecule has 2 rings (SSSR count). The summed E-state index contributed by atoms with van der Waals surface area (Å²) in [5, 5.41) is 10.1. The van der Waals surface area contributed by atoms with Crippen molar-refractivity contribution in [1.82, 2.24) is 0 Å². The molecule has 1 fully saturated rings. The first-order chi connectivity index (χ1) is 11.0. The standard InChI is InChI=1S/C20H30O3/c1-14(2)17-11-9-15(3)13-19(17)23-20(22)18(21)12-10-16-7-5-4-6-8-16/h4-8,14-15,17-19,21H,9-13H2,1-3H3/t15?,17?,18?,19-/m1/s1. The molecule has 4 atom stereocenters. The monoisotopic (exact) mass is 318 g/mol. The molecule has 0 saturated heterocycles. The van der Waals surface area contributed by atoms with Gasteiger partial charge in [-0.3, -0.25) is 0 Å². The number of hydrogen-bond acceptors (Lipinski definition) is 3. The fourth-order valence-electron chi connectivity index (χ4n) is 3.54. The number of hydrogen-bond donors (Lipinski definition) is 1. The van der Waals surface area contributed by atoms with E-state index in [1.54, 1.807) is 0 Å². The van der Waals surface area contributed by atoms with E-state index in [-0.39, 0.29) is 6.10 Å². The Bertz CT molecular complexity index is 483. The van der Waals surface area contributed by atoms with Crippen LogP contribution in [0.3, 0.4) is 0 Å². The van der Waals surface area contributed by atoms with Crippen molar-refractivity contribution >= 4 is 5.97 Å². The molecule has 3 unspecified atom stereocenters. The Morgan fingerprint density at radius 2 is 1.96 bits per heavy atom. The molecule has 0 aromatic heterocycles. The van der Waals surface area contributed by atoms with E-state index in [2.05, 4.69) is 20.8 Å². The van der Waals surface area contributed by atoms with E-state index in [0.29, 0.717) is 30.6 Å². The summed E-state index contributed by atoms with van der Waals surface area (Å²) < 4.78 is 5.70. The molecule has 1 aromatic carbocycles. The topological polar surface area (TPSA) is 46.5 Å². The Kier molecular flexibility index (Phi) is 6.64. The molecule has 0 radical (unpaired) electrons. The van der Waals surface area contributed by atoms with Gasteiger partial charge < -0.3 is 9.84 Å². The second kappa shape index (κ2) is 8.49. The summed E-state index contributed by atoms with van der Waals surface area (Å²) in [5.41, 5.74) is 1.13. The molecule has 0 spiro atoms. The van der Waals surface area contributed by atoms with E-state index in [9.17, 15) is 9.90 Å². The van der Waals surface area contributed by atoms with Gasteiger partial charge in [-0.2, -0.15) is 0 Å². The van der Waals surface area contributed by atoms with Crippen LogP contribution < -0.4 is 0 Å². The molecule has 0 amide bonds. The zero-order valence-corrected chi connectivity index (χ0v) is 14.6. The minimum absolute atomic E-state index is 0.0439. The summed E-state index contributed by atoms with van der Waals surface area (Å²) in [4.78, 5) is 12.2. The van der Waals surface area contributed by atoms with Crippen molar-refractivity contribution in [2.75, 3.05) is 0 Å². The van der Waals surface area contributed by atoms with Gasteiger partial charge in [-0.25, -0.2) is 4.79 Å². The van der Waals surface area contributed by atoms with Gasteiger partial charge in [0.15, 0.2) is 6.10 Å². The summed E-state index contributed by atoms with van der Waals surface area (Å²) in [6.07, 6.45) is 3.26. The number of benzene rings is 1. The maximum absolute atomic E-state index is 12.2. The highest BCUT2D eigenvalue weighted by molar-refractivity contribution is 5.74. The van der Waals surface area contributed by atoms with Crippen LogP contribution in [-0.4, -0.2) is 23.3 Å². The Morgan fingerprint density at radius 1 is 1.26 bits per heavy atom. The van der Waals surface area contributed by atoms with Crippen molar-refractivity contribution in [3.05, 3.63) is 35.9 Å². The van der Waals surface area contributed by atoms with Crippen molar-refractivity contribution in [2.24, 2.45) is 17.8 Å².